The van der Waals surface area contributed by atoms with Crippen molar-refractivity contribution in [3.8, 4) is 0 Å². The van der Waals surface area contributed by atoms with Crippen LogP contribution in [0.4, 0.5) is 5.69 Å². The van der Waals surface area contributed by atoms with Gasteiger partial charge >= 0.3 is 0 Å². The number of benzene rings is 1. The molecule has 1 atom stereocenters. The van der Waals surface area contributed by atoms with Crippen molar-refractivity contribution in [1.29, 1.82) is 0 Å². The topological polar surface area (TPSA) is 35.6 Å². The Morgan fingerprint density at radius 1 is 1.29 bits per heavy atom. The summed E-state index contributed by atoms with van der Waals surface area (Å²) in [6, 6.07) is 10.4. The Bertz CT molecular complexity index is 429. The van der Waals surface area contributed by atoms with Crippen molar-refractivity contribution in [2.45, 2.75) is 32.2 Å². The van der Waals surface area contributed by atoms with Gasteiger partial charge in [0, 0.05) is 24.8 Å². The first-order chi connectivity index (χ1) is 10.2. The molecule has 1 heterocycles. The van der Waals surface area contributed by atoms with Crippen molar-refractivity contribution in [2.75, 3.05) is 38.1 Å². The maximum atomic E-state index is 12.5. The number of hydrogen-bond acceptors (Lipinski definition) is 3. The van der Waals surface area contributed by atoms with Gasteiger partial charge < -0.3 is 10.2 Å². The van der Waals surface area contributed by atoms with Gasteiger partial charge in [-0.3, -0.25) is 9.69 Å². The molecule has 0 spiro atoms. The minimum atomic E-state index is 0.169. The lowest BCUT2D eigenvalue weighted by Crippen LogP contribution is -2.46. The molecule has 0 saturated carbocycles. The second-order valence-corrected chi connectivity index (χ2v) is 5.82. The molecule has 1 aromatic carbocycles. The summed E-state index contributed by atoms with van der Waals surface area (Å²) in [5, 5.41) is 3.53. The first kappa shape index (κ1) is 16.0. The predicted octanol–water partition coefficient (Wildman–Crippen LogP) is 2.11. The second-order valence-electron chi connectivity index (χ2n) is 5.82. The van der Waals surface area contributed by atoms with E-state index in [-0.39, 0.29) is 5.91 Å². The van der Waals surface area contributed by atoms with Crippen molar-refractivity contribution >= 4 is 11.6 Å². The Balaban J connectivity index is 1.86. The van der Waals surface area contributed by atoms with E-state index in [0.717, 1.165) is 18.8 Å². The van der Waals surface area contributed by atoms with Crippen LogP contribution in [-0.2, 0) is 4.79 Å². The largest absolute Gasteiger partial charge is 0.313 e. The van der Waals surface area contributed by atoms with E-state index in [2.05, 4.69) is 10.2 Å². The number of nitrogens with zero attached hydrogens (tertiary/aromatic N) is 2. The van der Waals surface area contributed by atoms with Gasteiger partial charge in [0.2, 0.25) is 5.91 Å². The lowest BCUT2D eigenvalue weighted by atomic mass is 10.0. The maximum absolute atomic E-state index is 12.5. The molecule has 1 amide bonds. The van der Waals surface area contributed by atoms with E-state index in [1.54, 1.807) is 0 Å². The van der Waals surface area contributed by atoms with Crippen LogP contribution in [0.2, 0.25) is 0 Å². The molecule has 4 heteroatoms. The molecular formula is C17H27N3O. The lowest BCUT2D eigenvalue weighted by Gasteiger charge is -2.29. The molecule has 1 saturated heterocycles. The number of carbonyl (C=O) groups is 1. The third kappa shape index (κ3) is 4.83. The molecule has 1 aliphatic heterocycles. The summed E-state index contributed by atoms with van der Waals surface area (Å²) < 4.78 is 0. The fraction of sp³-hybridized carbons (Fsp3) is 0.588. The van der Waals surface area contributed by atoms with Crippen molar-refractivity contribution in [1.82, 2.24) is 10.2 Å². The van der Waals surface area contributed by atoms with Gasteiger partial charge in [-0.05, 0) is 45.5 Å². The van der Waals surface area contributed by atoms with E-state index >= 15 is 0 Å². The van der Waals surface area contributed by atoms with Gasteiger partial charge in [0.15, 0.2) is 0 Å². The number of hydrogen-bond donors (Lipinski definition) is 1. The third-order valence-electron chi connectivity index (χ3n) is 4.03. The molecule has 1 aromatic rings. The van der Waals surface area contributed by atoms with Crippen LogP contribution in [0.15, 0.2) is 30.3 Å². The maximum Gasteiger partial charge on any atom is 0.241 e. The van der Waals surface area contributed by atoms with Crippen molar-refractivity contribution in [3.05, 3.63) is 30.3 Å². The molecule has 1 fully saturated rings. The summed E-state index contributed by atoms with van der Waals surface area (Å²) >= 11 is 0. The number of amides is 1. The molecule has 4 nitrogen and oxygen atoms in total. The van der Waals surface area contributed by atoms with E-state index in [4.69, 9.17) is 0 Å². The lowest BCUT2D eigenvalue weighted by molar-refractivity contribution is -0.119. The number of nitrogens with one attached hydrogen (secondary N) is 1. The van der Waals surface area contributed by atoms with Crippen LogP contribution in [0.3, 0.4) is 0 Å². The fourth-order valence-corrected chi connectivity index (χ4v) is 2.95. The average molecular weight is 289 g/mol. The van der Waals surface area contributed by atoms with Crippen molar-refractivity contribution in [2.24, 2.45) is 0 Å². The van der Waals surface area contributed by atoms with E-state index in [0.29, 0.717) is 19.1 Å². The molecule has 116 valence electrons. The molecule has 0 bridgehead atoms. The first-order valence-corrected chi connectivity index (χ1v) is 7.98. The molecule has 0 aromatic heterocycles. The normalized spacial score (nSPS) is 18.7. The Morgan fingerprint density at radius 3 is 2.67 bits per heavy atom. The van der Waals surface area contributed by atoms with Crippen molar-refractivity contribution in [3.63, 3.8) is 0 Å². The molecular weight excluding hydrogens is 262 g/mol. The molecule has 21 heavy (non-hydrogen) atoms. The van der Waals surface area contributed by atoms with Gasteiger partial charge in [0.05, 0.1) is 6.54 Å². The third-order valence-corrected chi connectivity index (χ3v) is 4.03. The van der Waals surface area contributed by atoms with Gasteiger partial charge in [0.25, 0.3) is 0 Å². The average Bonchev–Trinajstić information content (AvgIpc) is 2.50. The number of rotatable bonds is 6. The van der Waals surface area contributed by atoms with E-state index < -0.39 is 0 Å². The smallest absolute Gasteiger partial charge is 0.241 e. The minimum absolute atomic E-state index is 0.169. The van der Waals surface area contributed by atoms with Gasteiger partial charge in [-0.1, -0.05) is 24.6 Å². The quantitative estimate of drug-likeness (QED) is 0.871. The number of likely N-dealkylation sites (N-methyl/N-ethyl adjacent to an activating group) is 2. The molecule has 1 N–H and O–H groups in total. The van der Waals surface area contributed by atoms with E-state index in [1.807, 2.05) is 49.2 Å². The van der Waals surface area contributed by atoms with Crippen LogP contribution >= 0.6 is 0 Å². The highest BCUT2D eigenvalue weighted by atomic mass is 16.2. The van der Waals surface area contributed by atoms with Gasteiger partial charge in [-0.15, -0.1) is 0 Å². The summed E-state index contributed by atoms with van der Waals surface area (Å²) in [6.07, 6.45) is 3.79. The van der Waals surface area contributed by atoms with Crippen LogP contribution in [-0.4, -0.2) is 50.1 Å². The standard InChI is InChI=1S/C17H27N3O/c1-3-20(16-10-5-4-6-11-16)17(21)14-19(2)13-15-9-7-8-12-18-15/h4-6,10-11,15,18H,3,7-9,12-14H2,1-2H3. The Labute approximate surface area is 128 Å². The zero-order valence-corrected chi connectivity index (χ0v) is 13.2. The van der Waals surface area contributed by atoms with Gasteiger partial charge in [-0.2, -0.15) is 0 Å². The summed E-state index contributed by atoms with van der Waals surface area (Å²) in [4.78, 5) is 16.5. The van der Waals surface area contributed by atoms with Crippen LogP contribution in [0, 0.1) is 0 Å². The summed E-state index contributed by atoms with van der Waals surface area (Å²) in [7, 11) is 2.03. The highest BCUT2D eigenvalue weighted by Gasteiger charge is 2.19. The van der Waals surface area contributed by atoms with Crippen LogP contribution in [0.1, 0.15) is 26.2 Å². The highest BCUT2D eigenvalue weighted by molar-refractivity contribution is 5.94. The number of piperidine rings is 1. The summed E-state index contributed by atoms with van der Waals surface area (Å²) in [5.74, 6) is 0.169. The minimum Gasteiger partial charge on any atom is -0.313 e. The Morgan fingerprint density at radius 2 is 2.05 bits per heavy atom. The Kier molecular flexibility index (Phi) is 6.21. The SMILES string of the molecule is CCN(C(=O)CN(C)CC1CCCCN1)c1ccccc1. The van der Waals surface area contributed by atoms with Crippen LogP contribution in [0.5, 0.6) is 0 Å². The zero-order valence-electron chi connectivity index (χ0n) is 13.2. The van der Waals surface area contributed by atoms with E-state index in [9.17, 15) is 4.79 Å². The number of anilines is 1. The molecule has 2 rings (SSSR count). The van der Waals surface area contributed by atoms with Gasteiger partial charge in [0.1, 0.15) is 0 Å². The summed E-state index contributed by atoms with van der Waals surface area (Å²) in [5.41, 5.74) is 0.981. The van der Waals surface area contributed by atoms with Crippen LogP contribution in [0.25, 0.3) is 0 Å². The molecule has 0 aliphatic carbocycles. The zero-order chi connectivity index (χ0) is 15.1. The number of carbonyl (C=O) groups excluding carboxylic acids is 1. The highest BCUT2D eigenvalue weighted by Crippen LogP contribution is 2.13. The van der Waals surface area contributed by atoms with Gasteiger partial charge in [-0.25, -0.2) is 0 Å². The predicted molar refractivity (Wildman–Crippen MR) is 87.6 cm³/mol. The molecule has 1 aliphatic rings. The monoisotopic (exact) mass is 289 g/mol. The molecule has 0 radical (unpaired) electrons. The number of para-hydroxylation sites is 1. The van der Waals surface area contributed by atoms with E-state index in [1.165, 1.54) is 19.3 Å². The first-order valence-electron chi connectivity index (χ1n) is 7.98. The Hall–Kier alpha value is -1.39. The fourth-order valence-electron chi connectivity index (χ4n) is 2.95. The second kappa shape index (κ2) is 8.15. The molecule has 1 unspecified atom stereocenters. The van der Waals surface area contributed by atoms with Crippen LogP contribution < -0.4 is 10.2 Å². The van der Waals surface area contributed by atoms with Crippen molar-refractivity contribution < 1.29 is 4.79 Å². The summed E-state index contributed by atoms with van der Waals surface area (Å²) in [6.45, 7) is 5.25.